The summed E-state index contributed by atoms with van der Waals surface area (Å²) in [5.41, 5.74) is 3.85. The number of aliphatic hydroxyl groups excluding tert-OH is 1. The second-order valence-electron chi connectivity index (χ2n) is 9.30. The minimum absolute atomic E-state index is 0.352. The molecule has 1 N–H and O–H groups in total. The van der Waals surface area contributed by atoms with Crippen molar-refractivity contribution in [3.63, 3.8) is 0 Å². The number of benzene rings is 3. The molecule has 1 nitrogen and oxygen atoms in total. The first kappa shape index (κ1) is 22.5. The van der Waals surface area contributed by atoms with Gasteiger partial charge in [-0.15, -0.1) is 0 Å². The maximum absolute atomic E-state index is 11.0. The first-order valence-electron chi connectivity index (χ1n) is 10.8. The van der Waals surface area contributed by atoms with E-state index in [2.05, 4.69) is 98.6 Å². The average Bonchev–Trinajstić information content (AvgIpc) is 2.78. The summed E-state index contributed by atoms with van der Waals surface area (Å²) < 4.78 is 0. The summed E-state index contributed by atoms with van der Waals surface area (Å²) in [5, 5.41) is 13.9. The van der Waals surface area contributed by atoms with Crippen LogP contribution < -0.4 is 10.4 Å². The van der Waals surface area contributed by atoms with Crippen LogP contribution in [0.2, 0.25) is 31.7 Å². The normalized spacial score (nSPS) is 14.6. The van der Waals surface area contributed by atoms with Crippen LogP contribution >= 0.6 is 0 Å². The molecular formula is C27H34OSi2. The number of aliphatic hydroxyl groups is 1. The number of hydrogen-bond acceptors (Lipinski definition) is 1. The lowest BCUT2D eigenvalue weighted by atomic mass is 10.0. The van der Waals surface area contributed by atoms with Gasteiger partial charge in [-0.1, -0.05) is 139 Å². The fourth-order valence-corrected chi connectivity index (χ4v) is 9.09. The van der Waals surface area contributed by atoms with Gasteiger partial charge in [0.25, 0.3) is 0 Å². The van der Waals surface area contributed by atoms with Gasteiger partial charge in [0.2, 0.25) is 0 Å². The summed E-state index contributed by atoms with van der Waals surface area (Å²) in [6, 6.07) is 31.9. The van der Waals surface area contributed by atoms with Crippen LogP contribution in [0.5, 0.6) is 0 Å². The molecule has 0 fully saturated rings. The molecule has 0 saturated heterocycles. The van der Waals surface area contributed by atoms with Gasteiger partial charge in [0.1, 0.15) is 8.07 Å². The Labute approximate surface area is 184 Å². The van der Waals surface area contributed by atoms with Crippen molar-refractivity contribution in [2.24, 2.45) is 0 Å². The van der Waals surface area contributed by atoms with Crippen molar-refractivity contribution < 1.29 is 5.11 Å². The lowest BCUT2D eigenvalue weighted by molar-refractivity contribution is 0.168. The van der Waals surface area contributed by atoms with Crippen LogP contribution in [0.25, 0.3) is 0 Å². The Kier molecular flexibility index (Phi) is 7.29. The van der Waals surface area contributed by atoms with E-state index < -0.39 is 22.3 Å². The van der Waals surface area contributed by atoms with E-state index >= 15 is 0 Å². The molecular weight excluding hydrogens is 396 g/mol. The largest absolute Gasteiger partial charge is 0.388 e. The Bertz CT molecular complexity index is 934. The van der Waals surface area contributed by atoms with Gasteiger partial charge < -0.3 is 5.11 Å². The van der Waals surface area contributed by atoms with Gasteiger partial charge in [-0.3, -0.25) is 0 Å². The Morgan fingerprint density at radius 1 is 0.700 bits per heavy atom. The van der Waals surface area contributed by atoms with Crippen LogP contribution in [0.1, 0.15) is 18.1 Å². The lowest BCUT2D eigenvalue weighted by Crippen LogP contribution is -2.46. The molecule has 0 amide bonds. The topological polar surface area (TPSA) is 20.2 Å². The van der Waals surface area contributed by atoms with Crippen molar-refractivity contribution in [1.82, 2.24) is 0 Å². The summed E-state index contributed by atoms with van der Waals surface area (Å²) in [6.07, 6.45) is 2.76. The Morgan fingerprint density at radius 3 is 1.70 bits per heavy atom. The minimum atomic E-state index is -1.83. The molecule has 0 bridgehead atoms. The van der Waals surface area contributed by atoms with Gasteiger partial charge in [0, 0.05) is 0 Å². The van der Waals surface area contributed by atoms with E-state index in [0.29, 0.717) is 5.54 Å². The van der Waals surface area contributed by atoms with Gasteiger partial charge in [0.05, 0.1) is 14.2 Å². The third-order valence-electron chi connectivity index (χ3n) is 6.37. The highest BCUT2D eigenvalue weighted by molar-refractivity contribution is 6.94. The van der Waals surface area contributed by atoms with Crippen LogP contribution in [0.15, 0.2) is 103 Å². The molecule has 30 heavy (non-hydrogen) atoms. The van der Waals surface area contributed by atoms with Crippen molar-refractivity contribution in [2.75, 3.05) is 0 Å². The highest BCUT2D eigenvalue weighted by Crippen LogP contribution is 2.34. The summed E-state index contributed by atoms with van der Waals surface area (Å²) >= 11 is 0. The molecule has 3 aromatic rings. The Balaban J connectivity index is 1.93. The van der Waals surface area contributed by atoms with E-state index in [9.17, 15) is 5.11 Å². The predicted molar refractivity (Wildman–Crippen MR) is 136 cm³/mol. The molecule has 0 heterocycles. The molecule has 3 heteroatoms. The van der Waals surface area contributed by atoms with Crippen molar-refractivity contribution in [3.8, 4) is 0 Å². The third-order valence-corrected chi connectivity index (χ3v) is 13.3. The highest BCUT2D eigenvalue weighted by atomic mass is 28.3. The van der Waals surface area contributed by atoms with E-state index in [1.165, 1.54) is 10.4 Å². The molecule has 0 unspecified atom stereocenters. The summed E-state index contributed by atoms with van der Waals surface area (Å²) in [7, 11) is -3.52. The highest BCUT2D eigenvalue weighted by Gasteiger charge is 2.34. The summed E-state index contributed by atoms with van der Waals surface area (Å²) in [5.74, 6) is 0. The first-order valence-corrected chi connectivity index (χ1v) is 17.0. The van der Waals surface area contributed by atoms with Crippen LogP contribution in [0.4, 0.5) is 0 Å². The number of allylic oxidation sites excluding steroid dienone is 1. The van der Waals surface area contributed by atoms with Crippen LogP contribution in [-0.2, 0) is 0 Å². The second-order valence-corrected chi connectivity index (χ2v) is 18.4. The quantitative estimate of drug-likeness (QED) is 0.447. The van der Waals surface area contributed by atoms with Gasteiger partial charge in [-0.2, -0.15) is 0 Å². The van der Waals surface area contributed by atoms with Crippen LogP contribution in [-0.4, -0.2) is 21.3 Å². The van der Waals surface area contributed by atoms with Crippen LogP contribution in [0, 0.1) is 0 Å². The zero-order chi connectivity index (χ0) is 21.6. The fraction of sp³-hybridized carbons (Fsp3) is 0.259. The maximum atomic E-state index is 11.0. The van der Waals surface area contributed by atoms with Crippen molar-refractivity contribution in [2.45, 2.75) is 44.3 Å². The van der Waals surface area contributed by atoms with E-state index in [4.69, 9.17) is 0 Å². The Hall–Kier alpha value is -2.21. The van der Waals surface area contributed by atoms with Crippen molar-refractivity contribution in [1.29, 1.82) is 0 Å². The Morgan fingerprint density at radius 2 is 1.17 bits per heavy atom. The second kappa shape index (κ2) is 9.73. The van der Waals surface area contributed by atoms with Gasteiger partial charge in [-0.25, -0.2) is 0 Å². The van der Waals surface area contributed by atoms with E-state index in [1.54, 1.807) is 0 Å². The SMILES string of the molecule is C[Si](C)(/C=C/[C@@H](C[C@H](O)c1ccccc1)[Si](C)(C)c1ccccc1)c1ccccc1. The molecule has 2 atom stereocenters. The van der Waals surface area contributed by atoms with E-state index in [-0.39, 0.29) is 0 Å². The molecule has 0 saturated carbocycles. The molecule has 0 aliphatic heterocycles. The molecule has 0 aliphatic rings. The van der Waals surface area contributed by atoms with Gasteiger partial charge in [0.15, 0.2) is 0 Å². The summed E-state index contributed by atoms with van der Waals surface area (Å²) in [6.45, 7) is 9.68. The van der Waals surface area contributed by atoms with E-state index in [1.807, 2.05) is 30.3 Å². The summed E-state index contributed by atoms with van der Waals surface area (Å²) in [4.78, 5) is 0. The fourth-order valence-electron chi connectivity index (χ4n) is 4.07. The first-order chi connectivity index (χ1) is 14.3. The van der Waals surface area contributed by atoms with Crippen LogP contribution in [0.3, 0.4) is 0 Å². The zero-order valence-electron chi connectivity index (χ0n) is 18.6. The molecule has 3 aromatic carbocycles. The standard InChI is InChI=1S/C27H34OSi2/c1-29(2,24-16-10-6-11-17-24)21-20-26(22-27(28)23-14-8-5-9-15-23)30(3,4)25-18-12-7-13-19-25/h5-21,26-28H,22H2,1-4H3/b21-20+/t26-,27-/m0/s1. The molecule has 0 spiro atoms. The number of rotatable bonds is 8. The predicted octanol–water partition coefficient (Wildman–Crippen LogP) is 5.81. The smallest absolute Gasteiger partial charge is 0.103 e. The zero-order valence-corrected chi connectivity index (χ0v) is 20.6. The maximum Gasteiger partial charge on any atom is 0.103 e. The lowest BCUT2D eigenvalue weighted by Gasteiger charge is -2.33. The van der Waals surface area contributed by atoms with Gasteiger partial charge >= 0.3 is 0 Å². The van der Waals surface area contributed by atoms with Gasteiger partial charge in [-0.05, 0) is 17.5 Å². The molecule has 0 aliphatic carbocycles. The molecule has 0 aromatic heterocycles. The third kappa shape index (κ3) is 5.48. The van der Waals surface area contributed by atoms with E-state index in [0.717, 1.165) is 12.0 Å². The van der Waals surface area contributed by atoms with Crippen molar-refractivity contribution in [3.05, 3.63) is 108 Å². The minimum Gasteiger partial charge on any atom is -0.388 e. The molecule has 3 rings (SSSR count). The average molecular weight is 431 g/mol. The number of hydrogen-bond donors (Lipinski definition) is 1. The molecule has 156 valence electrons. The van der Waals surface area contributed by atoms with Crippen molar-refractivity contribution >= 4 is 26.5 Å². The molecule has 0 radical (unpaired) electrons. The monoisotopic (exact) mass is 430 g/mol.